The summed E-state index contributed by atoms with van der Waals surface area (Å²) in [5.74, 6) is 0.355. The normalized spacial score (nSPS) is 14.1. The van der Waals surface area contributed by atoms with Crippen LogP contribution in [0, 0.1) is 9.49 Å². The second kappa shape index (κ2) is 7.01. The predicted molar refractivity (Wildman–Crippen MR) is 86.4 cm³/mol. The van der Waals surface area contributed by atoms with E-state index in [2.05, 4.69) is 22.6 Å². The van der Waals surface area contributed by atoms with Crippen molar-refractivity contribution in [2.75, 3.05) is 13.6 Å². The third-order valence-corrected chi connectivity index (χ3v) is 5.66. The first-order chi connectivity index (χ1) is 8.75. The molecule has 1 atom stereocenters. The van der Waals surface area contributed by atoms with Gasteiger partial charge in [0, 0.05) is 23.2 Å². The number of nitrogens with two attached hydrogens (primary N) is 1. The van der Waals surface area contributed by atoms with Gasteiger partial charge in [0.25, 0.3) is 0 Å². The van der Waals surface area contributed by atoms with Crippen LogP contribution in [0.4, 0.5) is 0 Å². The van der Waals surface area contributed by atoms with Gasteiger partial charge in [-0.15, -0.1) is 0 Å². The summed E-state index contributed by atoms with van der Waals surface area (Å²) in [5, 5.41) is 0. The Morgan fingerprint density at radius 2 is 2.00 bits per heavy atom. The van der Waals surface area contributed by atoms with Gasteiger partial charge in [0.1, 0.15) is 0 Å². The molecule has 0 bridgehead atoms. The summed E-state index contributed by atoms with van der Waals surface area (Å²) in [4.78, 5) is 0.333. The lowest BCUT2D eigenvalue weighted by atomic mass is 10.0. The van der Waals surface area contributed by atoms with Crippen LogP contribution >= 0.6 is 22.6 Å². The topological polar surface area (TPSA) is 63.4 Å². The molecule has 108 valence electrons. The molecule has 4 nitrogen and oxygen atoms in total. The fourth-order valence-electron chi connectivity index (χ4n) is 1.59. The van der Waals surface area contributed by atoms with Crippen LogP contribution in [0.5, 0.6) is 0 Å². The highest BCUT2D eigenvalue weighted by Gasteiger charge is 2.21. The van der Waals surface area contributed by atoms with Crippen LogP contribution in [-0.4, -0.2) is 32.4 Å². The number of hydrogen-bond acceptors (Lipinski definition) is 3. The van der Waals surface area contributed by atoms with Crippen LogP contribution < -0.4 is 5.73 Å². The standard InChI is InChI=1S/C13H21IN2O2S/c1-10(2)13(15)7-8-16(3)19(17,18)12-6-4-5-11(14)9-12/h4-6,9-10,13H,7-8,15H2,1-3H3. The van der Waals surface area contributed by atoms with Crippen molar-refractivity contribution in [3.8, 4) is 0 Å². The lowest BCUT2D eigenvalue weighted by molar-refractivity contribution is 0.397. The van der Waals surface area contributed by atoms with Crippen molar-refractivity contribution in [1.29, 1.82) is 0 Å². The summed E-state index contributed by atoms with van der Waals surface area (Å²) >= 11 is 2.11. The van der Waals surface area contributed by atoms with E-state index in [1.807, 2.05) is 19.9 Å². The molecule has 0 heterocycles. The Hall–Kier alpha value is -0.180. The molecular weight excluding hydrogens is 375 g/mol. The zero-order chi connectivity index (χ0) is 14.6. The van der Waals surface area contributed by atoms with E-state index in [9.17, 15) is 8.42 Å². The monoisotopic (exact) mass is 396 g/mol. The zero-order valence-corrected chi connectivity index (χ0v) is 14.5. The molecule has 1 aromatic carbocycles. The van der Waals surface area contributed by atoms with Gasteiger partial charge in [-0.25, -0.2) is 12.7 Å². The summed E-state index contributed by atoms with van der Waals surface area (Å²) in [7, 11) is -1.81. The van der Waals surface area contributed by atoms with Gasteiger partial charge in [-0.05, 0) is 53.1 Å². The molecular formula is C13H21IN2O2S. The van der Waals surface area contributed by atoms with Crippen LogP contribution in [0.2, 0.25) is 0 Å². The Bertz CT molecular complexity index is 517. The molecule has 1 unspecified atom stereocenters. The number of rotatable bonds is 6. The number of sulfonamides is 1. The first-order valence-corrected chi connectivity index (χ1v) is 8.74. The average Bonchev–Trinajstić information content (AvgIpc) is 2.35. The Kier molecular flexibility index (Phi) is 6.22. The second-order valence-electron chi connectivity index (χ2n) is 4.98. The van der Waals surface area contributed by atoms with Crippen molar-refractivity contribution in [2.24, 2.45) is 11.7 Å². The summed E-state index contributed by atoms with van der Waals surface area (Å²) < 4.78 is 27.0. The number of halogens is 1. The minimum Gasteiger partial charge on any atom is -0.327 e. The van der Waals surface area contributed by atoms with E-state index in [0.29, 0.717) is 23.8 Å². The van der Waals surface area contributed by atoms with Crippen molar-refractivity contribution < 1.29 is 8.42 Å². The molecule has 0 saturated carbocycles. The third kappa shape index (κ3) is 4.70. The fraction of sp³-hybridized carbons (Fsp3) is 0.538. The van der Waals surface area contributed by atoms with Crippen LogP contribution in [0.3, 0.4) is 0 Å². The molecule has 2 N–H and O–H groups in total. The lowest BCUT2D eigenvalue weighted by Crippen LogP contribution is -2.34. The third-order valence-electron chi connectivity index (χ3n) is 3.14. The van der Waals surface area contributed by atoms with E-state index >= 15 is 0 Å². The molecule has 0 saturated heterocycles. The molecule has 0 spiro atoms. The number of nitrogens with zero attached hydrogens (tertiary/aromatic N) is 1. The minimum absolute atomic E-state index is 0.0218. The molecule has 0 aliphatic carbocycles. The van der Waals surface area contributed by atoms with Crippen molar-refractivity contribution >= 4 is 32.6 Å². The van der Waals surface area contributed by atoms with E-state index in [1.54, 1.807) is 25.2 Å². The van der Waals surface area contributed by atoms with Gasteiger partial charge in [-0.2, -0.15) is 0 Å². The van der Waals surface area contributed by atoms with Crippen LogP contribution in [0.25, 0.3) is 0 Å². The quantitative estimate of drug-likeness (QED) is 0.751. The zero-order valence-electron chi connectivity index (χ0n) is 11.5. The molecule has 1 aromatic rings. The first-order valence-electron chi connectivity index (χ1n) is 6.22. The highest BCUT2D eigenvalue weighted by atomic mass is 127. The average molecular weight is 396 g/mol. The van der Waals surface area contributed by atoms with Crippen LogP contribution in [0.1, 0.15) is 20.3 Å². The molecule has 0 fully saturated rings. The maximum Gasteiger partial charge on any atom is 0.242 e. The summed E-state index contributed by atoms with van der Waals surface area (Å²) in [6.07, 6.45) is 0.664. The number of benzene rings is 1. The van der Waals surface area contributed by atoms with Crippen LogP contribution in [-0.2, 0) is 10.0 Å². The van der Waals surface area contributed by atoms with Gasteiger partial charge in [0.05, 0.1) is 4.90 Å². The molecule has 0 aliphatic rings. The molecule has 0 aliphatic heterocycles. The first kappa shape index (κ1) is 16.9. The van der Waals surface area contributed by atoms with Gasteiger partial charge < -0.3 is 5.73 Å². The maximum atomic E-state index is 12.3. The smallest absolute Gasteiger partial charge is 0.242 e. The maximum absolute atomic E-state index is 12.3. The Morgan fingerprint density at radius 1 is 1.37 bits per heavy atom. The van der Waals surface area contributed by atoms with Gasteiger partial charge in [-0.1, -0.05) is 19.9 Å². The van der Waals surface area contributed by atoms with E-state index < -0.39 is 10.0 Å². The molecule has 19 heavy (non-hydrogen) atoms. The SMILES string of the molecule is CC(C)C(N)CCN(C)S(=O)(=O)c1cccc(I)c1. The molecule has 0 amide bonds. The van der Waals surface area contributed by atoms with Gasteiger partial charge in [0.15, 0.2) is 0 Å². The Morgan fingerprint density at radius 3 is 2.53 bits per heavy atom. The highest BCUT2D eigenvalue weighted by Crippen LogP contribution is 2.17. The lowest BCUT2D eigenvalue weighted by Gasteiger charge is -2.21. The molecule has 1 rings (SSSR count). The van der Waals surface area contributed by atoms with Crippen molar-refractivity contribution in [2.45, 2.75) is 31.2 Å². The van der Waals surface area contributed by atoms with Crippen molar-refractivity contribution in [3.05, 3.63) is 27.8 Å². The van der Waals surface area contributed by atoms with Gasteiger partial charge in [0.2, 0.25) is 10.0 Å². The fourth-order valence-corrected chi connectivity index (χ4v) is 3.58. The Labute approximate surface area is 129 Å². The molecule has 6 heteroatoms. The van der Waals surface area contributed by atoms with E-state index in [1.165, 1.54) is 4.31 Å². The Balaban J connectivity index is 2.78. The van der Waals surface area contributed by atoms with Crippen LogP contribution in [0.15, 0.2) is 29.2 Å². The van der Waals surface area contributed by atoms with E-state index in [-0.39, 0.29) is 6.04 Å². The summed E-state index contributed by atoms with van der Waals surface area (Å²) in [6, 6.07) is 6.94. The highest BCUT2D eigenvalue weighted by molar-refractivity contribution is 14.1. The molecule has 0 radical (unpaired) electrons. The number of hydrogen-bond donors (Lipinski definition) is 1. The largest absolute Gasteiger partial charge is 0.327 e. The van der Waals surface area contributed by atoms with Crippen molar-refractivity contribution in [3.63, 3.8) is 0 Å². The summed E-state index contributed by atoms with van der Waals surface area (Å²) in [6.45, 7) is 4.52. The van der Waals surface area contributed by atoms with E-state index in [0.717, 1.165) is 3.57 Å². The van der Waals surface area contributed by atoms with E-state index in [4.69, 9.17) is 5.73 Å². The second-order valence-corrected chi connectivity index (χ2v) is 8.27. The van der Waals surface area contributed by atoms with Crippen molar-refractivity contribution in [1.82, 2.24) is 4.31 Å². The van der Waals surface area contributed by atoms with Gasteiger partial charge in [-0.3, -0.25) is 0 Å². The van der Waals surface area contributed by atoms with Gasteiger partial charge >= 0.3 is 0 Å². The predicted octanol–water partition coefficient (Wildman–Crippen LogP) is 2.29. The molecule has 0 aromatic heterocycles. The minimum atomic E-state index is -3.41. The summed E-state index contributed by atoms with van der Waals surface area (Å²) in [5.41, 5.74) is 5.95.